The Hall–Kier alpha value is -10.2. The van der Waals surface area contributed by atoms with Crippen LogP contribution in [0, 0.1) is 46.7 Å². The van der Waals surface area contributed by atoms with Crippen molar-refractivity contribution in [3.63, 3.8) is 0 Å². The zero-order chi connectivity index (χ0) is 76.6. The van der Waals surface area contributed by atoms with E-state index in [-0.39, 0.29) is 0 Å². The Morgan fingerprint density at radius 3 is 1.13 bits per heavy atom. The molecule has 98 heavy (non-hydrogen) atoms. The summed E-state index contributed by atoms with van der Waals surface area (Å²) in [6, 6.07) is 64.9. The number of hydrogen-bond donors (Lipinski definition) is 0. The maximum Gasteiger partial charge on any atom is 0.216 e. The van der Waals surface area contributed by atoms with E-state index >= 15 is 0 Å². The molecular formula is C92H88N3O3+3. The molecule has 0 bridgehead atoms. The molecule has 0 saturated heterocycles. The van der Waals surface area contributed by atoms with Gasteiger partial charge in [-0.2, -0.15) is 0 Å². The molecule has 16 aromatic rings. The van der Waals surface area contributed by atoms with Crippen LogP contribution >= 0.6 is 0 Å². The zero-order valence-electron chi connectivity index (χ0n) is 68.1. The van der Waals surface area contributed by atoms with Crippen LogP contribution in [0.2, 0.25) is 0 Å². The molecule has 2 aliphatic carbocycles. The molecule has 2 fully saturated rings. The summed E-state index contributed by atoms with van der Waals surface area (Å²) in [4.78, 5) is 0. The van der Waals surface area contributed by atoms with E-state index in [2.05, 4.69) is 161 Å². The summed E-state index contributed by atoms with van der Waals surface area (Å²) in [5.74, 6) is -1.01. The van der Waals surface area contributed by atoms with Crippen LogP contribution in [0.3, 0.4) is 0 Å². The van der Waals surface area contributed by atoms with Crippen molar-refractivity contribution < 1.29 is 42.0 Å². The van der Waals surface area contributed by atoms with Crippen LogP contribution in [-0.2, 0) is 21.1 Å². The molecule has 0 unspecified atom stereocenters. The van der Waals surface area contributed by atoms with Crippen LogP contribution < -0.4 is 13.7 Å². The highest BCUT2D eigenvalue weighted by Crippen LogP contribution is 2.45. The maximum atomic E-state index is 9.20. The first kappa shape index (κ1) is 51.1. The molecule has 6 heterocycles. The quantitative estimate of drug-likeness (QED) is 0.156. The first-order valence-corrected chi connectivity index (χ1v) is 34.5. The summed E-state index contributed by atoms with van der Waals surface area (Å²) in [5, 5.41) is 13.2. The van der Waals surface area contributed by atoms with Crippen LogP contribution in [0.4, 0.5) is 0 Å². The van der Waals surface area contributed by atoms with Crippen molar-refractivity contribution in [2.24, 2.45) is 26.6 Å². The second-order valence-electron chi connectivity index (χ2n) is 28.6. The highest BCUT2D eigenvalue weighted by atomic mass is 16.3. The number of pyridine rings is 3. The smallest absolute Gasteiger partial charge is 0.216 e. The molecule has 0 aliphatic heterocycles. The van der Waals surface area contributed by atoms with Crippen molar-refractivity contribution in [1.29, 1.82) is 0 Å². The minimum Gasteiger partial charge on any atom is -0.456 e. The number of fused-ring (bicyclic) bond motifs is 12. The SMILES string of the molecule is [2H]C([2H])([2H])c1ccc(-c2cc3oc4cc5cc(-c6ccccc6)ccc5cc4c3c[n+]2C)c(C)c1.[2H]C([2H])([2H])c1ccc(-c2cc3oc4cc5cc(C6([2H])CCC(C)(C)CC6)ccc5cc4c3c[n+]2C)c(C)c1.[2H]C([2H])([2H])c1ccc(-c2cc3oc4cc5cc(C6([2H])CCCCC6)ccc5cc4c3c[n+]2C)c(C)c1. The Morgan fingerprint density at radius 2 is 0.735 bits per heavy atom. The third kappa shape index (κ3) is 11.9. The van der Waals surface area contributed by atoms with E-state index in [1.807, 2.05) is 84.4 Å². The Kier molecular flexibility index (Phi) is 13.1. The van der Waals surface area contributed by atoms with Crippen LogP contribution in [0.15, 0.2) is 226 Å². The molecule has 0 radical (unpaired) electrons. The Bertz CT molecular complexity index is 6320. The van der Waals surface area contributed by atoms with Crippen LogP contribution in [0.5, 0.6) is 0 Å². The normalized spacial score (nSPS) is 17.2. The minimum absolute atomic E-state index is 0.326. The number of nitrogens with zero attached hydrogens (tertiary/aromatic N) is 3. The van der Waals surface area contributed by atoms with Crippen LogP contribution in [0.1, 0.15) is 143 Å². The maximum absolute atomic E-state index is 9.20. The predicted molar refractivity (Wildman–Crippen MR) is 408 cm³/mol. The van der Waals surface area contributed by atoms with Gasteiger partial charge in [-0.3, -0.25) is 0 Å². The second-order valence-corrected chi connectivity index (χ2v) is 28.6. The lowest BCUT2D eigenvalue weighted by molar-refractivity contribution is -0.659. The molecule has 18 rings (SSSR count). The first-order chi connectivity index (χ1) is 51.7. The topological polar surface area (TPSA) is 51.1 Å². The monoisotopic (exact) mass is 1290 g/mol. The molecule has 0 spiro atoms. The number of hydrogen-bond acceptors (Lipinski definition) is 3. The molecule has 6 nitrogen and oxygen atoms in total. The lowest BCUT2D eigenvalue weighted by Crippen LogP contribution is -2.30. The summed E-state index contributed by atoms with van der Waals surface area (Å²) in [7, 11) is 6.03. The summed E-state index contributed by atoms with van der Waals surface area (Å²) in [6.45, 7) is 4.11. The minimum atomic E-state index is -2.12. The van der Waals surface area contributed by atoms with E-state index in [1.165, 1.54) is 22.9 Å². The van der Waals surface area contributed by atoms with Gasteiger partial charge in [-0.15, -0.1) is 0 Å². The average Bonchev–Trinajstić information content (AvgIpc) is 1.59. The first-order valence-electron chi connectivity index (χ1n) is 40.0. The average molecular weight is 1290 g/mol. The van der Waals surface area contributed by atoms with Gasteiger partial charge in [0.25, 0.3) is 0 Å². The third-order valence-corrected chi connectivity index (χ3v) is 21.1. The molecule has 0 atom stereocenters. The molecule has 0 N–H and O–H groups in total. The number of furan rings is 3. The summed E-state index contributed by atoms with van der Waals surface area (Å²) < 4.78 is 113. The second kappa shape index (κ2) is 25.0. The van der Waals surface area contributed by atoms with E-state index < -0.39 is 32.3 Å². The molecule has 2 aliphatic rings. The van der Waals surface area contributed by atoms with E-state index in [4.69, 9.17) is 27.0 Å². The molecule has 2 saturated carbocycles. The van der Waals surface area contributed by atoms with Gasteiger partial charge < -0.3 is 13.3 Å². The predicted octanol–water partition coefficient (Wildman–Crippen LogP) is 23.9. The number of rotatable bonds is 6. The van der Waals surface area contributed by atoms with Crippen molar-refractivity contribution in [3.8, 4) is 44.9 Å². The van der Waals surface area contributed by atoms with E-state index in [0.717, 1.165) is 206 Å². The molecular weight excluding hydrogens is 1200 g/mol. The zero-order valence-corrected chi connectivity index (χ0v) is 57.1. The Labute approximate surface area is 590 Å². The fourth-order valence-electron chi connectivity index (χ4n) is 15.5. The van der Waals surface area contributed by atoms with Crippen molar-refractivity contribution in [2.45, 2.75) is 125 Å². The number of aromatic nitrogens is 3. The van der Waals surface area contributed by atoms with Gasteiger partial charge in [-0.25, -0.2) is 13.7 Å². The van der Waals surface area contributed by atoms with Gasteiger partial charge >= 0.3 is 0 Å². The Morgan fingerprint density at radius 1 is 0.357 bits per heavy atom. The van der Waals surface area contributed by atoms with Crippen LogP contribution in [-0.4, -0.2) is 0 Å². The van der Waals surface area contributed by atoms with Gasteiger partial charge in [0.05, 0.1) is 34.4 Å². The highest BCUT2D eigenvalue weighted by Gasteiger charge is 2.29. The van der Waals surface area contributed by atoms with Gasteiger partial charge in [0.1, 0.15) is 54.6 Å². The van der Waals surface area contributed by atoms with E-state index in [1.54, 1.807) is 36.4 Å². The van der Waals surface area contributed by atoms with Crippen molar-refractivity contribution in [1.82, 2.24) is 0 Å². The van der Waals surface area contributed by atoms with E-state index in [9.17, 15) is 1.37 Å². The molecule has 6 aromatic heterocycles. The third-order valence-electron chi connectivity index (χ3n) is 21.1. The van der Waals surface area contributed by atoms with Crippen molar-refractivity contribution in [2.75, 3.05) is 0 Å². The lowest BCUT2D eigenvalue weighted by Gasteiger charge is -2.34. The molecule has 0 amide bonds. The summed E-state index contributed by atoms with van der Waals surface area (Å²) in [6.07, 6.45) is 15.6. The fourth-order valence-corrected chi connectivity index (χ4v) is 15.5. The van der Waals surface area contributed by atoms with Gasteiger partial charge in [0.15, 0.2) is 18.6 Å². The fraction of sp³-hybridized carbons (Fsp3) is 0.250. The molecule has 486 valence electrons. The number of benzene rings is 10. The van der Waals surface area contributed by atoms with Gasteiger partial charge in [0.2, 0.25) is 17.1 Å². The largest absolute Gasteiger partial charge is 0.456 e. The van der Waals surface area contributed by atoms with Crippen LogP contribution in [0.25, 0.3) is 143 Å². The summed E-state index contributed by atoms with van der Waals surface area (Å²) >= 11 is 0. The van der Waals surface area contributed by atoms with E-state index in [0.29, 0.717) is 22.1 Å². The standard InChI is InChI=1S/C32H34NO.C30H30NO.C30H24NO/c1-20-6-9-26(21(2)14-20)29-18-31-28(19-33(29)5)27-16-24-8-7-23(15-25(24)17-30(27)34-31)22-10-12-32(3,4)13-11-22;2*1-19-9-12-25(20(2)13-19)28-17-30-27(18-31(28)3)26-15-23-11-10-22(21-7-5-4-6-8-21)14-24(23)16-29(26)32-30/h6-9,14-19,22H,10-13H2,1-5H3;9-18,21H,4-8H2,1-3H3;4-18H,1-3H3/q3*+1/i1D3,22D;1D3,21D;1D3. The van der Waals surface area contributed by atoms with Gasteiger partial charge in [-0.1, -0.05) is 165 Å². The molecule has 6 heteroatoms. The lowest BCUT2D eigenvalue weighted by atomic mass is 9.71. The number of aryl methyl sites for hydroxylation is 9. The van der Waals surface area contributed by atoms with Crippen molar-refractivity contribution in [3.05, 3.63) is 257 Å². The molecule has 10 aromatic carbocycles. The van der Waals surface area contributed by atoms with Crippen molar-refractivity contribution >= 4 is 98.1 Å². The highest BCUT2D eigenvalue weighted by molar-refractivity contribution is 6.12. The Balaban J connectivity index is 0.000000125. The van der Waals surface area contributed by atoms with Gasteiger partial charge in [0, 0.05) is 47.9 Å². The van der Waals surface area contributed by atoms with Gasteiger partial charge in [-0.05, 0) is 229 Å². The summed E-state index contributed by atoms with van der Waals surface area (Å²) in [5.41, 5.74) is 19.5.